The van der Waals surface area contributed by atoms with Crippen LogP contribution in [0.3, 0.4) is 0 Å². The van der Waals surface area contributed by atoms with Crippen LogP contribution in [-0.2, 0) is 9.53 Å². The molecule has 0 amide bonds. The largest absolute Gasteiger partial charge is 0.468 e. The molecule has 1 heterocycles. The highest BCUT2D eigenvalue weighted by atomic mass is 79.9. The van der Waals surface area contributed by atoms with Gasteiger partial charge in [-0.2, -0.15) is 0 Å². The predicted octanol–water partition coefficient (Wildman–Crippen LogP) is 2.87. The van der Waals surface area contributed by atoms with Gasteiger partial charge in [0.1, 0.15) is 10.6 Å². The number of thioether (sulfide) groups is 1. The molecule has 6 heteroatoms. The molecule has 1 atom stereocenters. The van der Waals surface area contributed by atoms with E-state index >= 15 is 0 Å². The van der Waals surface area contributed by atoms with E-state index in [2.05, 4.69) is 33.2 Å². The zero-order valence-electron chi connectivity index (χ0n) is 11.4. The lowest BCUT2D eigenvalue weighted by molar-refractivity contribution is -0.146. The van der Waals surface area contributed by atoms with E-state index in [0.29, 0.717) is 5.75 Å². The number of nitrogens with one attached hydrogen (secondary N) is 1. The number of pyridine rings is 1. The first-order valence-corrected chi connectivity index (χ1v) is 7.88. The topological polar surface area (TPSA) is 51.2 Å². The van der Waals surface area contributed by atoms with Gasteiger partial charge >= 0.3 is 5.97 Å². The van der Waals surface area contributed by atoms with E-state index in [-0.39, 0.29) is 5.97 Å². The predicted molar refractivity (Wildman–Crippen MR) is 81.4 cm³/mol. The highest BCUT2D eigenvalue weighted by Crippen LogP contribution is 2.27. The number of nitrogens with zero attached hydrogens (tertiary/aromatic N) is 1. The number of hydrogen-bond acceptors (Lipinski definition) is 5. The molecule has 1 N–H and O–H groups in total. The molecule has 106 valence electrons. The normalized spacial score (nSPS) is 13.9. The minimum absolute atomic E-state index is 0.250. The van der Waals surface area contributed by atoms with Crippen molar-refractivity contribution in [1.82, 2.24) is 10.3 Å². The lowest BCUT2D eigenvalue weighted by Crippen LogP contribution is -2.52. The van der Waals surface area contributed by atoms with Gasteiger partial charge in [-0.25, -0.2) is 4.98 Å². The Hall–Kier alpha value is -0.590. The van der Waals surface area contributed by atoms with Crippen LogP contribution in [0.2, 0.25) is 0 Å². The van der Waals surface area contributed by atoms with Crippen molar-refractivity contribution in [2.75, 3.05) is 19.4 Å². The molecule has 1 aromatic rings. The summed E-state index contributed by atoms with van der Waals surface area (Å²) in [6, 6.07) is 3.80. The van der Waals surface area contributed by atoms with Gasteiger partial charge in [0.15, 0.2) is 0 Å². The van der Waals surface area contributed by atoms with Crippen LogP contribution in [0.15, 0.2) is 27.8 Å². The molecule has 19 heavy (non-hydrogen) atoms. The van der Waals surface area contributed by atoms with Crippen molar-refractivity contribution in [3.63, 3.8) is 0 Å². The first-order valence-electron chi connectivity index (χ1n) is 6.10. The number of methoxy groups -OCH3 is 1. The molecule has 0 aliphatic heterocycles. The fourth-order valence-electron chi connectivity index (χ4n) is 1.50. The molecular formula is C13H19BrN2O2S. The standard InChI is InChI=1S/C13H19BrN2O2S/c1-4-7-16-13(2,12(17)18-3)9-19-11-10(14)6-5-8-15-11/h5-6,8,16H,4,7,9H2,1-3H3. The number of carbonyl (C=O) groups is 1. The number of carbonyl (C=O) groups excluding carboxylic acids is 1. The summed E-state index contributed by atoms with van der Waals surface area (Å²) in [5, 5.41) is 4.12. The number of aromatic nitrogens is 1. The van der Waals surface area contributed by atoms with Crippen LogP contribution in [-0.4, -0.2) is 35.9 Å². The zero-order valence-corrected chi connectivity index (χ0v) is 13.8. The third-order valence-electron chi connectivity index (χ3n) is 2.62. The summed E-state index contributed by atoms with van der Waals surface area (Å²) in [4.78, 5) is 16.2. The molecule has 0 saturated heterocycles. The Morgan fingerprint density at radius 1 is 1.63 bits per heavy atom. The highest BCUT2D eigenvalue weighted by Gasteiger charge is 2.34. The fraction of sp³-hybridized carbons (Fsp3) is 0.538. The van der Waals surface area contributed by atoms with E-state index < -0.39 is 5.54 Å². The second-order valence-electron chi connectivity index (χ2n) is 4.33. The molecular weight excluding hydrogens is 328 g/mol. The number of hydrogen-bond donors (Lipinski definition) is 1. The van der Waals surface area contributed by atoms with E-state index in [1.165, 1.54) is 18.9 Å². The minimum Gasteiger partial charge on any atom is -0.468 e. The maximum absolute atomic E-state index is 11.9. The smallest absolute Gasteiger partial charge is 0.326 e. The van der Waals surface area contributed by atoms with Crippen molar-refractivity contribution >= 4 is 33.7 Å². The van der Waals surface area contributed by atoms with Gasteiger partial charge in [-0.15, -0.1) is 11.8 Å². The number of ether oxygens (including phenoxy) is 1. The summed E-state index contributed by atoms with van der Waals surface area (Å²) in [5.74, 6) is 0.315. The van der Waals surface area contributed by atoms with Crippen molar-refractivity contribution in [2.45, 2.75) is 30.8 Å². The Morgan fingerprint density at radius 3 is 2.95 bits per heavy atom. The highest BCUT2D eigenvalue weighted by molar-refractivity contribution is 9.10. The average Bonchev–Trinajstić information content (AvgIpc) is 2.43. The van der Waals surface area contributed by atoms with Crippen molar-refractivity contribution in [1.29, 1.82) is 0 Å². The third-order valence-corrected chi connectivity index (χ3v) is 4.85. The van der Waals surface area contributed by atoms with Crippen molar-refractivity contribution in [2.24, 2.45) is 0 Å². The monoisotopic (exact) mass is 346 g/mol. The maximum atomic E-state index is 11.9. The van der Waals surface area contributed by atoms with Gasteiger partial charge in [0, 0.05) is 16.4 Å². The van der Waals surface area contributed by atoms with Gasteiger partial charge in [-0.1, -0.05) is 6.92 Å². The lowest BCUT2D eigenvalue weighted by Gasteiger charge is -2.27. The van der Waals surface area contributed by atoms with Crippen molar-refractivity contribution in [3.8, 4) is 0 Å². The van der Waals surface area contributed by atoms with Crippen LogP contribution in [0.4, 0.5) is 0 Å². The van der Waals surface area contributed by atoms with Gasteiger partial charge in [0.25, 0.3) is 0 Å². The Morgan fingerprint density at radius 2 is 2.37 bits per heavy atom. The molecule has 0 aromatic carbocycles. The molecule has 0 radical (unpaired) electrons. The zero-order chi connectivity index (χ0) is 14.3. The molecule has 0 aliphatic carbocycles. The Kier molecular flexibility index (Phi) is 6.82. The van der Waals surface area contributed by atoms with Crippen LogP contribution in [0.5, 0.6) is 0 Å². The molecule has 0 bridgehead atoms. The van der Waals surface area contributed by atoms with E-state index in [4.69, 9.17) is 4.74 Å². The first-order chi connectivity index (χ1) is 9.03. The number of halogens is 1. The van der Waals surface area contributed by atoms with E-state index in [1.807, 2.05) is 19.1 Å². The number of rotatable bonds is 7. The lowest BCUT2D eigenvalue weighted by atomic mass is 10.1. The Balaban J connectivity index is 2.73. The van der Waals surface area contributed by atoms with E-state index in [9.17, 15) is 4.79 Å². The van der Waals surface area contributed by atoms with Crippen LogP contribution in [0.25, 0.3) is 0 Å². The maximum Gasteiger partial charge on any atom is 0.326 e. The molecule has 0 aliphatic rings. The summed E-state index contributed by atoms with van der Waals surface area (Å²) in [5.41, 5.74) is -0.702. The van der Waals surface area contributed by atoms with Crippen LogP contribution < -0.4 is 5.32 Å². The molecule has 0 saturated carbocycles. The van der Waals surface area contributed by atoms with Gasteiger partial charge < -0.3 is 10.1 Å². The van der Waals surface area contributed by atoms with Gasteiger partial charge in [-0.3, -0.25) is 4.79 Å². The minimum atomic E-state index is -0.702. The molecule has 0 spiro atoms. The van der Waals surface area contributed by atoms with E-state index in [1.54, 1.807) is 6.20 Å². The van der Waals surface area contributed by atoms with Gasteiger partial charge in [0.2, 0.25) is 0 Å². The second kappa shape index (κ2) is 7.87. The average molecular weight is 347 g/mol. The SMILES string of the molecule is CCCNC(C)(CSc1ncccc1Br)C(=O)OC. The third kappa shape index (κ3) is 4.78. The molecule has 1 unspecified atom stereocenters. The quantitative estimate of drug-likeness (QED) is 0.607. The number of esters is 1. The second-order valence-corrected chi connectivity index (χ2v) is 6.15. The van der Waals surface area contributed by atoms with Gasteiger partial charge in [0.05, 0.1) is 7.11 Å². The molecule has 4 nitrogen and oxygen atoms in total. The fourth-order valence-corrected chi connectivity index (χ4v) is 3.08. The van der Waals surface area contributed by atoms with Crippen LogP contribution in [0.1, 0.15) is 20.3 Å². The molecule has 0 fully saturated rings. The molecule has 1 aromatic heterocycles. The van der Waals surface area contributed by atoms with Crippen molar-refractivity contribution in [3.05, 3.63) is 22.8 Å². The van der Waals surface area contributed by atoms with Crippen molar-refractivity contribution < 1.29 is 9.53 Å². The molecule has 1 rings (SSSR count). The summed E-state index contributed by atoms with van der Waals surface area (Å²) in [6.07, 6.45) is 2.70. The summed E-state index contributed by atoms with van der Waals surface area (Å²) >= 11 is 4.98. The first kappa shape index (κ1) is 16.5. The van der Waals surface area contributed by atoms with E-state index in [0.717, 1.165) is 22.5 Å². The van der Waals surface area contributed by atoms with Gasteiger partial charge in [-0.05, 0) is 48.0 Å². The summed E-state index contributed by atoms with van der Waals surface area (Å²) in [7, 11) is 1.41. The summed E-state index contributed by atoms with van der Waals surface area (Å²) in [6.45, 7) is 4.70. The Bertz CT molecular complexity index is 431. The summed E-state index contributed by atoms with van der Waals surface area (Å²) < 4.78 is 5.82. The Labute approximate surface area is 126 Å². The van der Waals surface area contributed by atoms with Crippen LogP contribution in [0, 0.1) is 0 Å². The van der Waals surface area contributed by atoms with Crippen LogP contribution >= 0.6 is 27.7 Å².